The number of nitrogens with zero attached hydrogens (tertiary/aromatic N) is 3. The van der Waals surface area contributed by atoms with Gasteiger partial charge in [0.25, 0.3) is 0 Å². The fourth-order valence-electron chi connectivity index (χ4n) is 1.91. The predicted molar refractivity (Wildman–Crippen MR) is 74.0 cm³/mol. The van der Waals surface area contributed by atoms with Gasteiger partial charge in [0.2, 0.25) is 5.95 Å². The molecule has 0 saturated carbocycles. The van der Waals surface area contributed by atoms with Crippen molar-refractivity contribution in [3.8, 4) is 0 Å². The van der Waals surface area contributed by atoms with Crippen molar-refractivity contribution in [1.29, 1.82) is 0 Å². The summed E-state index contributed by atoms with van der Waals surface area (Å²) in [4.78, 5) is 4.41. The average molecular weight is 268 g/mol. The summed E-state index contributed by atoms with van der Waals surface area (Å²) in [5, 5.41) is 8.33. The Morgan fingerprint density at radius 3 is 2.72 bits per heavy atom. The summed E-state index contributed by atoms with van der Waals surface area (Å²) >= 11 is 5.91. The van der Waals surface area contributed by atoms with Crippen LogP contribution in [0.5, 0.6) is 0 Å². The highest BCUT2D eigenvalue weighted by atomic mass is 35.5. The monoisotopic (exact) mass is 267 g/mol. The number of rotatable bonds is 5. The van der Waals surface area contributed by atoms with E-state index in [1.54, 1.807) is 16.8 Å². The predicted octanol–water partition coefficient (Wildman–Crippen LogP) is 2.31. The minimum atomic E-state index is -0.144. The maximum Gasteiger partial charge on any atom is 0.243 e. The van der Waals surface area contributed by atoms with Gasteiger partial charge in [0.15, 0.2) is 5.65 Å². The standard InChI is InChI=1S/C12H18ClN5/c1-3-12(4-2,8-14)16-11-15-10-6-5-9(13)7-18(10)17-11/h5-7H,3-4,8,14H2,1-2H3,(H,16,17). The second-order valence-corrected chi connectivity index (χ2v) is 4.84. The average Bonchev–Trinajstić information content (AvgIpc) is 2.77. The number of hydrogen-bond donors (Lipinski definition) is 2. The van der Waals surface area contributed by atoms with Gasteiger partial charge in [0.1, 0.15) is 0 Å². The van der Waals surface area contributed by atoms with E-state index in [9.17, 15) is 0 Å². The van der Waals surface area contributed by atoms with Crippen LogP contribution in [0.25, 0.3) is 5.65 Å². The Morgan fingerprint density at radius 2 is 2.11 bits per heavy atom. The van der Waals surface area contributed by atoms with E-state index in [4.69, 9.17) is 17.3 Å². The molecule has 2 heterocycles. The normalized spacial score (nSPS) is 12.0. The molecule has 5 nitrogen and oxygen atoms in total. The van der Waals surface area contributed by atoms with E-state index in [1.807, 2.05) is 6.07 Å². The highest BCUT2D eigenvalue weighted by Crippen LogP contribution is 2.20. The van der Waals surface area contributed by atoms with Crippen LogP contribution < -0.4 is 11.1 Å². The lowest BCUT2D eigenvalue weighted by Crippen LogP contribution is -2.44. The van der Waals surface area contributed by atoms with Gasteiger partial charge < -0.3 is 11.1 Å². The number of aromatic nitrogens is 3. The van der Waals surface area contributed by atoms with E-state index in [2.05, 4.69) is 29.2 Å². The van der Waals surface area contributed by atoms with Gasteiger partial charge in [-0.05, 0) is 25.0 Å². The third kappa shape index (κ3) is 2.42. The van der Waals surface area contributed by atoms with Crippen LogP contribution in [-0.2, 0) is 0 Å². The second-order valence-electron chi connectivity index (χ2n) is 4.40. The molecule has 0 aliphatic heterocycles. The van der Waals surface area contributed by atoms with Crippen LogP contribution >= 0.6 is 11.6 Å². The molecular weight excluding hydrogens is 250 g/mol. The molecule has 0 amide bonds. The van der Waals surface area contributed by atoms with Crippen LogP contribution in [0.1, 0.15) is 26.7 Å². The van der Waals surface area contributed by atoms with Crippen LogP contribution in [0.2, 0.25) is 5.02 Å². The number of nitrogens with one attached hydrogen (secondary N) is 1. The van der Waals surface area contributed by atoms with Crippen LogP contribution in [0.4, 0.5) is 5.95 Å². The zero-order valence-corrected chi connectivity index (χ0v) is 11.4. The summed E-state index contributed by atoms with van der Waals surface area (Å²) < 4.78 is 1.66. The Labute approximate surface area is 111 Å². The van der Waals surface area contributed by atoms with Gasteiger partial charge in [0, 0.05) is 12.7 Å². The van der Waals surface area contributed by atoms with Crippen molar-refractivity contribution in [3.05, 3.63) is 23.4 Å². The van der Waals surface area contributed by atoms with Crippen molar-refractivity contribution in [1.82, 2.24) is 14.6 Å². The van der Waals surface area contributed by atoms with Gasteiger partial charge in [-0.2, -0.15) is 4.98 Å². The maximum absolute atomic E-state index is 5.91. The lowest BCUT2D eigenvalue weighted by Gasteiger charge is -2.30. The number of halogens is 1. The fourth-order valence-corrected chi connectivity index (χ4v) is 2.07. The SMILES string of the molecule is CCC(CC)(CN)Nc1nc2ccc(Cl)cn2n1. The van der Waals surface area contributed by atoms with E-state index in [0.717, 1.165) is 18.5 Å². The Morgan fingerprint density at radius 1 is 1.39 bits per heavy atom. The number of anilines is 1. The summed E-state index contributed by atoms with van der Waals surface area (Å²) in [6.07, 6.45) is 3.59. The third-order valence-corrected chi connectivity index (χ3v) is 3.64. The minimum Gasteiger partial charge on any atom is -0.346 e. The molecule has 0 aliphatic rings. The molecule has 0 atom stereocenters. The first-order valence-corrected chi connectivity index (χ1v) is 6.50. The van der Waals surface area contributed by atoms with Crippen molar-refractivity contribution in [2.75, 3.05) is 11.9 Å². The van der Waals surface area contributed by atoms with Gasteiger partial charge in [0.05, 0.1) is 10.6 Å². The van der Waals surface area contributed by atoms with Gasteiger partial charge in [-0.3, -0.25) is 0 Å². The molecule has 0 bridgehead atoms. The molecule has 2 aromatic heterocycles. The largest absolute Gasteiger partial charge is 0.346 e. The summed E-state index contributed by atoms with van der Waals surface area (Å²) in [6, 6.07) is 3.63. The van der Waals surface area contributed by atoms with Crippen LogP contribution in [0, 0.1) is 0 Å². The molecule has 98 valence electrons. The molecular formula is C12H18ClN5. The molecule has 0 radical (unpaired) electrons. The Bertz CT molecular complexity index is 524. The topological polar surface area (TPSA) is 68.2 Å². The smallest absolute Gasteiger partial charge is 0.243 e. The Kier molecular flexibility index (Phi) is 3.73. The van der Waals surface area contributed by atoms with Gasteiger partial charge in [-0.1, -0.05) is 25.4 Å². The zero-order valence-electron chi connectivity index (χ0n) is 10.7. The van der Waals surface area contributed by atoms with Crippen LogP contribution in [0.3, 0.4) is 0 Å². The molecule has 2 aromatic rings. The first kappa shape index (κ1) is 13.1. The molecule has 0 fully saturated rings. The first-order valence-electron chi connectivity index (χ1n) is 6.12. The number of nitrogens with two attached hydrogens (primary N) is 1. The number of pyridine rings is 1. The first-order chi connectivity index (χ1) is 8.62. The summed E-state index contributed by atoms with van der Waals surface area (Å²) in [6.45, 7) is 4.77. The van der Waals surface area contributed by atoms with Crippen molar-refractivity contribution in [2.24, 2.45) is 5.73 Å². The van der Waals surface area contributed by atoms with Crippen LogP contribution in [-0.4, -0.2) is 26.7 Å². The van der Waals surface area contributed by atoms with Crippen molar-refractivity contribution >= 4 is 23.2 Å². The van der Waals surface area contributed by atoms with E-state index in [1.165, 1.54) is 0 Å². The molecule has 0 aromatic carbocycles. The van der Waals surface area contributed by atoms with Crippen molar-refractivity contribution in [3.63, 3.8) is 0 Å². The number of fused-ring (bicyclic) bond motifs is 1. The van der Waals surface area contributed by atoms with Crippen molar-refractivity contribution < 1.29 is 0 Å². The molecule has 6 heteroatoms. The number of hydrogen-bond acceptors (Lipinski definition) is 4. The molecule has 0 aliphatic carbocycles. The summed E-state index contributed by atoms with van der Waals surface area (Å²) in [7, 11) is 0. The molecule has 3 N–H and O–H groups in total. The highest BCUT2D eigenvalue weighted by molar-refractivity contribution is 6.30. The molecule has 18 heavy (non-hydrogen) atoms. The van der Waals surface area contributed by atoms with Gasteiger partial charge in [-0.25, -0.2) is 4.52 Å². The Balaban J connectivity index is 2.31. The van der Waals surface area contributed by atoms with E-state index in [0.29, 0.717) is 17.5 Å². The third-order valence-electron chi connectivity index (χ3n) is 3.42. The Hall–Kier alpha value is -1.33. The van der Waals surface area contributed by atoms with E-state index < -0.39 is 0 Å². The van der Waals surface area contributed by atoms with Crippen LogP contribution in [0.15, 0.2) is 18.3 Å². The van der Waals surface area contributed by atoms with Gasteiger partial charge in [-0.15, -0.1) is 5.10 Å². The van der Waals surface area contributed by atoms with Gasteiger partial charge >= 0.3 is 0 Å². The van der Waals surface area contributed by atoms with E-state index >= 15 is 0 Å². The zero-order chi connectivity index (χ0) is 13.2. The van der Waals surface area contributed by atoms with Crippen molar-refractivity contribution in [2.45, 2.75) is 32.2 Å². The highest BCUT2D eigenvalue weighted by Gasteiger charge is 2.25. The molecule has 2 rings (SSSR count). The minimum absolute atomic E-state index is 0.144. The van der Waals surface area contributed by atoms with E-state index in [-0.39, 0.29) is 5.54 Å². The molecule has 0 spiro atoms. The second kappa shape index (κ2) is 5.12. The summed E-state index contributed by atoms with van der Waals surface area (Å²) in [5.74, 6) is 0.589. The quantitative estimate of drug-likeness (QED) is 0.872. The lowest BCUT2D eigenvalue weighted by atomic mass is 9.93. The fraction of sp³-hybridized carbons (Fsp3) is 0.500. The molecule has 0 unspecified atom stereocenters. The lowest BCUT2D eigenvalue weighted by molar-refractivity contribution is 0.442. The molecule has 0 saturated heterocycles. The maximum atomic E-state index is 5.91. The summed E-state index contributed by atoms with van der Waals surface area (Å²) in [5.41, 5.74) is 6.47.